The minimum atomic E-state index is -0.295. The third kappa shape index (κ3) is 7.75. The van der Waals surface area contributed by atoms with Crippen LogP contribution in [-0.4, -0.2) is 85.2 Å². The zero-order chi connectivity index (χ0) is 40.8. The van der Waals surface area contributed by atoms with E-state index >= 15 is 0 Å². The minimum Gasteiger partial charge on any atom is -0.508 e. The van der Waals surface area contributed by atoms with Gasteiger partial charge < -0.3 is 30.3 Å². The number of phenols is 1. The van der Waals surface area contributed by atoms with E-state index < -0.39 is 0 Å². The lowest BCUT2D eigenvalue weighted by molar-refractivity contribution is -0.212. The number of aromatic hydroxyl groups is 1. The average molecular weight is 787 g/mol. The van der Waals surface area contributed by atoms with Gasteiger partial charge in [-0.15, -0.1) is 0 Å². The molecule has 3 unspecified atom stereocenters. The number of carbonyl (C=O) groups excluding carboxylic acids is 2. The van der Waals surface area contributed by atoms with Crippen molar-refractivity contribution in [3.8, 4) is 5.75 Å². The van der Waals surface area contributed by atoms with Gasteiger partial charge in [0.05, 0.1) is 5.41 Å². The van der Waals surface area contributed by atoms with E-state index in [1.165, 1.54) is 18.4 Å². The summed E-state index contributed by atoms with van der Waals surface area (Å²) < 4.78 is 5.98. The van der Waals surface area contributed by atoms with E-state index in [1.807, 2.05) is 12.1 Å². The van der Waals surface area contributed by atoms with Crippen LogP contribution in [0.3, 0.4) is 0 Å². The largest absolute Gasteiger partial charge is 0.508 e. The van der Waals surface area contributed by atoms with Crippen LogP contribution in [0.25, 0.3) is 0 Å². The molecule has 1 aromatic carbocycles. The molecule has 3 N–H and O–H groups in total. The standard InChI is InChI=1S/C49H78N4O4/c1-34-17-22-49(44(56)51-26-10-28-53-31-29-52(30-32-53)27-9-25-50-33-37-11-13-38(55)14-12-37)24-23-47(7)39(43(49)35(34)2)15-16-41-46(6)20-19-42(57-36(3)54)45(4,5)40(46)18-21-48(41,47)8/h11-15,34-35,40-43,50,55H,9-10,16-33H2,1-8H3,(H,51,56)/t34-,35+,40?,41?,42+,43?,46+,47-,48-,49+/m1/s1. The molecule has 1 saturated heterocycles. The Balaban J connectivity index is 0.940. The molecule has 5 fully saturated rings. The van der Waals surface area contributed by atoms with Crippen LogP contribution >= 0.6 is 0 Å². The van der Waals surface area contributed by atoms with Gasteiger partial charge in [-0.05, 0) is 154 Å². The van der Waals surface area contributed by atoms with Crippen LogP contribution in [0.2, 0.25) is 0 Å². The number of hydrogen-bond acceptors (Lipinski definition) is 7. The molecule has 1 heterocycles. The highest BCUT2D eigenvalue weighted by molar-refractivity contribution is 5.84. The molecule has 0 radical (unpaired) electrons. The van der Waals surface area contributed by atoms with Crippen LogP contribution in [0.4, 0.5) is 0 Å². The van der Waals surface area contributed by atoms with Crippen molar-refractivity contribution in [2.45, 2.75) is 139 Å². The van der Waals surface area contributed by atoms with Gasteiger partial charge in [-0.25, -0.2) is 0 Å². The number of phenolic OH excluding ortho intramolecular Hbond substituents is 1. The highest BCUT2D eigenvalue weighted by Gasteiger charge is 2.69. The normalized spacial score (nSPS) is 39.1. The summed E-state index contributed by atoms with van der Waals surface area (Å²) in [6, 6.07) is 7.44. The van der Waals surface area contributed by atoms with Gasteiger partial charge in [0.15, 0.2) is 0 Å². The van der Waals surface area contributed by atoms with E-state index in [4.69, 9.17) is 4.74 Å². The second-order valence-electron chi connectivity index (χ2n) is 21.3. The van der Waals surface area contributed by atoms with Crippen molar-refractivity contribution in [1.29, 1.82) is 0 Å². The predicted molar refractivity (Wildman–Crippen MR) is 229 cm³/mol. The highest BCUT2D eigenvalue weighted by atomic mass is 16.5. The second-order valence-corrected chi connectivity index (χ2v) is 21.3. The monoisotopic (exact) mass is 787 g/mol. The Morgan fingerprint density at radius 1 is 0.825 bits per heavy atom. The molecule has 0 spiro atoms. The fourth-order valence-electron chi connectivity index (χ4n) is 14.5. The molecule has 7 rings (SSSR count). The smallest absolute Gasteiger partial charge is 0.302 e. The highest BCUT2D eigenvalue weighted by Crippen LogP contribution is 2.76. The van der Waals surface area contributed by atoms with E-state index in [9.17, 15) is 14.7 Å². The number of allylic oxidation sites excluding steroid dienone is 2. The number of nitrogens with zero attached hydrogens (tertiary/aromatic N) is 2. The summed E-state index contributed by atoms with van der Waals surface area (Å²) in [5, 5.41) is 16.6. The summed E-state index contributed by atoms with van der Waals surface area (Å²) in [6.45, 7) is 28.3. The van der Waals surface area contributed by atoms with E-state index in [1.54, 1.807) is 24.6 Å². The molecule has 8 nitrogen and oxygen atoms in total. The number of nitrogens with one attached hydrogen (secondary N) is 2. The number of carbonyl (C=O) groups is 2. The third-order valence-corrected chi connectivity index (χ3v) is 18.2. The third-order valence-electron chi connectivity index (χ3n) is 18.2. The molecule has 4 saturated carbocycles. The molecule has 6 aliphatic rings. The van der Waals surface area contributed by atoms with Crippen molar-refractivity contribution in [3.05, 3.63) is 41.5 Å². The fraction of sp³-hybridized carbons (Fsp3) is 0.796. The zero-order valence-corrected chi connectivity index (χ0v) is 37.1. The molecule has 8 heteroatoms. The summed E-state index contributed by atoms with van der Waals surface area (Å²) in [6.07, 6.45) is 14.7. The molecular formula is C49H78N4O4. The van der Waals surface area contributed by atoms with Gasteiger partial charge in [-0.2, -0.15) is 0 Å². The van der Waals surface area contributed by atoms with Crippen LogP contribution in [0.15, 0.2) is 35.9 Å². The molecule has 5 aliphatic carbocycles. The van der Waals surface area contributed by atoms with E-state index in [0.29, 0.717) is 41.2 Å². The number of piperazine rings is 1. The number of benzene rings is 1. The molecule has 1 aliphatic heterocycles. The molecule has 1 aromatic rings. The van der Waals surface area contributed by atoms with Gasteiger partial charge >= 0.3 is 5.97 Å². The van der Waals surface area contributed by atoms with E-state index in [2.05, 4.69) is 75.0 Å². The summed E-state index contributed by atoms with van der Waals surface area (Å²) in [5.74, 6) is 3.06. The van der Waals surface area contributed by atoms with Gasteiger partial charge in [0.2, 0.25) is 5.91 Å². The number of rotatable bonds is 12. The fourth-order valence-corrected chi connectivity index (χ4v) is 14.5. The maximum Gasteiger partial charge on any atom is 0.302 e. The number of amides is 1. The van der Waals surface area contributed by atoms with Crippen molar-refractivity contribution in [2.24, 2.45) is 56.7 Å². The Kier molecular flexibility index (Phi) is 12.4. The first-order chi connectivity index (χ1) is 27.0. The maximum absolute atomic E-state index is 14.7. The second kappa shape index (κ2) is 16.6. The van der Waals surface area contributed by atoms with Crippen LogP contribution in [0.1, 0.15) is 132 Å². The first-order valence-electron chi connectivity index (χ1n) is 23.1. The van der Waals surface area contributed by atoms with Crippen molar-refractivity contribution >= 4 is 11.9 Å². The molecule has 1 amide bonds. The van der Waals surface area contributed by atoms with Crippen LogP contribution in [0.5, 0.6) is 5.75 Å². The number of esters is 1. The van der Waals surface area contributed by atoms with Crippen LogP contribution in [0, 0.1) is 56.7 Å². The molecule has 318 valence electrons. The number of ether oxygens (including phenoxy) is 1. The lowest BCUT2D eigenvalue weighted by atomic mass is 9.33. The van der Waals surface area contributed by atoms with Gasteiger partial charge in [0.1, 0.15) is 11.9 Å². The van der Waals surface area contributed by atoms with Gasteiger partial charge in [0, 0.05) is 51.6 Å². The van der Waals surface area contributed by atoms with Crippen molar-refractivity contribution in [1.82, 2.24) is 20.4 Å². The Bertz CT molecular complexity index is 1620. The molecule has 10 atom stereocenters. The predicted octanol–water partition coefficient (Wildman–Crippen LogP) is 8.59. The van der Waals surface area contributed by atoms with Crippen LogP contribution in [-0.2, 0) is 20.9 Å². The molecule has 0 aromatic heterocycles. The molecule has 0 bridgehead atoms. The van der Waals surface area contributed by atoms with Crippen LogP contribution < -0.4 is 10.6 Å². The first kappa shape index (κ1) is 42.7. The van der Waals surface area contributed by atoms with Crippen molar-refractivity contribution < 1.29 is 19.4 Å². The van der Waals surface area contributed by atoms with Gasteiger partial charge in [-0.3, -0.25) is 9.59 Å². The Labute approximate surface area is 345 Å². The zero-order valence-electron chi connectivity index (χ0n) is 37.1. The lowest BCUT2D eigenvalue weighted by Crippen LogP contribution is -2.66. The number of fused-ring (bicyclic) bond motifs is 7. The van der Waals surface area contributed by atoms with Gasteiger partial charge in [-0.1, -0.05) is 72.2 Å². The SMILES string of the molecule is CC(=O)O[C@H]1CC[C@@]2(C)C(CC[C@]3(C)C2CC=C2C4[C@@H](C)[C@H](C)CC[C@]4(C(=O)NCCCN4CCN(CCCNCc5ccc(O)cc5)CC4)CC[C@]23C)C1(C)C. The van der Waals surface area contributed by atoms with Crippen molar-refractivity contribution in [3.63, 3.8) is 0 Å². The summed E-state index contributed by atoms with van der Waals surface area (Å²) in [7, 11) is 0. The van der Waals surface area contributed by atoms with Crippen molar-refractivity contribution in [2.75, 3.05) is 52.4 Å². The van der Waals surface area contributed by atoms with E-state index in [0.717, 1.165) is 117 Å². The summed E-state index contributed by atoms with van der Waals surface area (Å²) >= 11 is 0. The summed E-state index contributed by atoms with van der Waals surface area (Å²) in [5.41, 5.74) is 2.99. The maximum atomic E-state index is 14.7. The minimum absolute atomic E-state index is 0.000559. The number of hydrogen-bond donors (Lipinski definition) is 3. The van der Waals surface area contributed by atoms with E-state index in [-0.39, 0.29) is 39.1 Å². The topological polar surface area (TPSA) is 94.1 Å². The molecular weight excluding hydrogens is 709 g/mol. The summed E-state index contributed by atoms with van der Waals surface area (Å²) in [4.78, 5) is 32.0. The molecule has 57 heavy (non-hydrogen) atoms. The lowest BCUT2D eigenvalue weighted by Gasteiger charge is -2.71. The van der Waals surface area contributed by atoms with Gasteiger partial charge in [0.25, 0.3) is 0 Å². The average Bonchev–Trinajstić information content (AvgIpc) is 3.17. The Morgan fingerprint density at radius 2 is 1.49 bits per heavy atom. The Hall–Kier alpha value is -2.42. The first-order valence-corrected chi connectivity index (χ1v) is 23.1. The Morgan fingerprint density at radius 3 is 2.16 bits per heavy atom. The quantitative estimate of drug-likeness (QED) is 0.111.